The van der Waals surface area contributed by atoms with Crippen LogP contribution in [-0.2, 0) is 20.9 Å². The average Bonchev–Trinajstić information content (AvgIpc) is 3.51. The summed E-state index contributed by atoms with van der Waals surface area (Å²) in [6.07, 6.45) is 4.10. The number of benzene rings is 1. The third kappa shape index (κ3) is 6.38. The molecule has 6 nitrogen and oxygen atoms in total. The van der Waals surface area contributed by atoms with Gasteiger partial charge < -0.3 is 20.1 Å². The smallest absolute Gasteiger partial charge is 0.258 e. The average molecular weight is 346 g/mol. The topological polar surface area (TPSA) is 76.7 Å². The number of rotatable bonds is 10. The molecule has 2 N–H and O–H groups in total. The maximum Gasteiger partial charge on any atom is 0.258 e. The number of amides is 2. The lowest BCUT2D eigenvalue weighted by Crippen LogP contribution is -2.34. The highest BCUT2D eigenvalue weighted by Crippen LogP contribution is 2.29. The first kappa shape index (κ1) is 17.7. The highest BCUT2D eigenvalue weighted by molar-refractivity contribution is 5.80. The number of carbonyl (C=O) groups excluding carboxylic acids is 2. The third-order valence-corrected chi connectivity index (χ3v) is 4.33. The van der Waals surface area contributed by atoms with Crippen molar-refractivity contribution in [2.24, 2.45) is 5.92 Å². The molecule has 2 saturated carbocycles. The summed E-state index contributed by atoms with van der Waals surface area (Å²) in [5.74, 6) is 1.05. The quantitative estimate of drug-likeness (QED) is 0.677. The summed E-state index contributed by atoms with van der Waals surface area (Å²) in [5, 5.41) is 5.75. The molecule has 1 aromatic carbocycles. The van der Waals surface area contributed by atoms with Crippen LogP contribution in [-0.4, -0.2) is 37.2 Å². The fraction of sp³-hybridized carbons (Fsp3) is 0.579. The molecule has 0 radical (unpaired) electrons. The Morgan fingerprint density at radius 1 is 1.24 bits per heavy atom. The van der Waals surface area contributed by atoms with Gasteiger partial charge in [-0.1, -0.05) is 12.1 Å². The van der Waals surface area contributed by atoms with Crippen molar-refractivity contribution in [3.8, 4) is 5.75 Å². The Morgan fingerprint density at radius 2 is 2.04 bits per heavy atom. The van der Waals surface area contributed by atoms with Crippen LogP contribution < -0.4 is 15.4 Å². The first-order chi connectivity index (χ1) is 12.1. The standard InChI is InChI=1S/C19H26N2O4/c1-13(24-11-14-5-6-14)19(23)20-10-15-3-2-4-17(9-15)25-12-18(22)21-16-7-8-16/h2-4,9,13-14,16H,5-8,10-12H2,1H3,(H,20,23)(H,21,22)/t13-/m1/s1. The van der Waals surface area contributed by atoms with Gasteiger partial charge in [-0.2, -0.15) is 0 Å². The number of ether oxygens (including phenoxy) is 2. The maximum atomic E-state index is 12.0. The fourth-order valence-electron chi connectivity index (χ4n) is 2.36. The summed E-state index contributed by atoms with van der Waals surface area (Å²) in [5.41, 5.74) is 0.919. The van der Waals surface area contributed by atoms with E-state index in [0.29, 0.717) is 30.9 Å². The predicted octanol–water partition coefficient (Wildman–Crippen LogP) is 1.78. The molecule has 0 unspecified atom stereocenters. The molecule has 1 aromatic rings. The van der Waals surface area contributed by atoms with Crippen LogP contribution in [0.2, 0.25) is 0 Å². The van der Waals surface area contributed by atoms with Crippen LogP contribution in [0.25, 0.3) is 0 Å². The van der Waals surface area contributed by atoms with Crippen molar-refractivity contribution >= 4 is 11.8 Å². The van der Waals surface area contributed by atoms with Crippen LogP contribution in [0, 0.1) is 5.92 Å². The lowest BCUT2D eigenvalue weighted by molar-refractivity contribution is -0.132. The normalized spacial score (nSPS) is 17.6. The molecular weight excluding hydrogens is 320 g/mol. The molecule has 2 aliphatic rings. The minimum atomic E-state index is -0.439. The van der Waals surface area contributed by atoms with Crippen molar-refractivity contribution in [2.45, 2.75) is 51.3 Å². The first-order valence-corrected chi connectivity index (χ1v) is 9.00. The summed E-state index contributed by atoms with van der Waals surface area (Å²) in [6, 6.07) is 7.73. The Bertz CT molecular complexity index is 611. The van der Waals surface area contributed by atoms with Gasteiger partial charge in [0.05, 0.1) is 6.61 Å². The molecule has 3 rings (SSSR count). The van der Waals surface area contributed by atoms with Gasteiger partial charge >= 0.3 is 0 Å². The molecule has 0 heterocycles. The number of hydrogen-bond donors (Lipinski definition) is 2. The number of hydrogen-bond acceptors (Lipinski definition) is 4. The van der Waals surface area contributed by atoms with Crippen molar-refractivity contribution in [1.82, 2.24) is 10.6 Å². The van der Waals surface area contributed by atoms with Crippen molar-refractivity contribution in [3.05, 3.63) is 29.8 Å². The van der Waals surface area contributed by atoms with E-state index in [-0.39, 0.29) is 18.4 Å². The lowest BCUT2D eigenvalue weighted by Gasteiger charge is -2.13. The minimum absolute atomic E-state index is 0.0123. The largest absolute Gasteiger partial charge is 0.484 e. The van der Waals surface area contributed by atoms with Gasteiger partial charge in [-0.25, -0.2) is 0 Å². The van der Waals surface area contributed by atoms with Crippen LogP contribution in [0.15, 0.2) is 24.3 Å². The molecule has 2 amide bonds. The van der Waals surface area contributed by atoms with Crippen molar-refractivity contribution in [2.75, 3.05) is 13.2 Å². The summed E-state index contributed by atoms with van der Waals surface area (Å²) >= 11 is 0. The Morgan fingerprint density at radius 3 is 2.76 bits per heavy atom. The van der Waals surface area contributed by atoms with E-state index >= 15 is 0 Å². The molecule has 2 aliphatic carbocycles. The summed E-state index contributed by atoms with van der Waals surface area (Å²) in [6.45, 7) is 2.86. The monoisotopic (exact) mass is 346 g/mol. The lowest BCUT2D eigenvalue weighted by atomic mass is 10.2. The highest BCUT2D eigenvalue weighted by Gasteiger charge is 2.24. The SMILES string of the molecule is C[C@@H](OCC1CC1)C(=O)NCc1cccc(OCC(=O)NC2CC2)c1. The van der Waals surface area contributed by atoms with Crippen molar-refractivity contribution in [3.63, 3.8) is 0 Å². The third-order valence-electron chi connectivity index (χ3n) is 4.33. The number of nitrogens with one attached hydrogen (secondary N) is 2. The van der Waals surface area contributed by atoms with Gasteiger partial charge in [0.25, 0.3) is 5.91 Å². The first-order valence-electron chi connectivity index (χ1n) is 9.00. The Hall–Kier alpha value is -2.08. The van der Waals surface area contributed by atoms with Crippen LogP contribution in [0.5, 0.6) is 5.75 Å². The fourth-order valence-corrected chi connectivity index (χ4v) is 2.36. The van der Waals surface area contributed by atoms with Gasteiger partial charge in [-0.3, -0.25) is 9.59 Å². The van der Waals surface area contributed by atoms with Gasteiger partial charge in [0.1, 0.15) is 11.9 Å². The molecule has 0 saturated heterocycles. The second-order valence-corrected chi connectivity index (χ2v) is 6.91. The molecule has 0 aromatic heterocycles. The molecule has 6 heteroatoms. The molecular formula is C19H26N2O4. The molecule has 0 bridgehead atoms. The number of carbonyl (C=O) groups is 2. The zero-order chi connectivity index (χ0) is 17.6. The Labute approximate surface area is 148 Å². The van der Waals surface area contributed by atoms with E-state index in [2.05, 4.69) is 10.6 Å². The molecule has 2 fully saturated rings. The van der Waals surface area contributed by atoms with Gasteiger partial charge in [0, 0.05) is 12.6 Å². The van der Waals surface area contributed by atoms with E-state index in [4.69, 9.17) is 9.47 Å². The van der Waals surface area contributed by atoms with E-state index in [1.165, 1.54) is 12.8 Å². The van der Waals surface area contributed by atoms with E-state index in [1.807, 2.05) is 18.2 Å². The molecule has 1 atom stereocenters. The summed E-state index contributed by atoms with van der Waals surface area (Å²) < 4.78 is 11.1. The van der Waals surface area contributed by atoms with Crippen LogP contribution in [0.3, 0.4) is 0 Å². The molecule has 136 valence electrons. The van der Waals surface area contributed by atoms with Gasteiger partial charge in [0.15, 0.2) is 6.61 Å². The van der Waals surface area contributed by atoms with Crippen LogP contribution >= 0.6 is 0 Å². The Kier molecular flexibility index (Phi) is 5.91. The molecule has 0 aliphatic heterocycles. The molecule has 25 heavy (non-hydrogen) atoms. The zero-order valence-electron chi connectivity index (χ0n) is 14.6. The maximum absolute atomic E-state index is 12.0. The second kappa shape index (κ2) is 8.34. The van der Waals surface area contributed by atoms with Crippen LogP contribution in [0.4, 0.5) is 0 Å². The highest BCUT2D eigenvalue weighted by atomic mass is 16.5. The van der Waals surface area contributed by atoms with E-state index in [0.717, 1.165) is 18.4 Å². The van der Waals surface area contributed by atoms with E-state index in [1.54, 1.807) is 13.0 Å². The zero-order valence-corrected chi connectivity index (χ0v) is 14.6. The van der Waals surface area contributed by atoms with Crippen molar-refractivity contribution in [1.29, 1.82) is 0 Å². The minimum Gasteiger partial charge on any atom is -0.484 e. The van der Waals surface area contributed by atoms with Crippen molar-refractivity contribution < 1.29 is 19.1 Å². The Balaban J connectivity index is 1.39. The van der Waals surface area contributed by atoms with Crippen LogP contribution in [0.1, 0.15) is 38.2 Å². The van der Waals surface area contributed by atoms with Gasteiger partial charge in [0.2, 0.25) is 5.91 Å². The van der Waals surface area contributed by atoms with Gasteiger partial charge in [-0.15, -0.1) is 0 Å². The predicted molar refractivity (Wildman–Crippen MR) is 93.1 cm³/mol. The van der Waals surface area contributed by atoms with Gasteiger partial charge in [-0.05, 0) is 56.2 Å². The molecule has 0 spiro atoms. The summed E-state index contributed by atoms with van der Waals surface area (Å²) in [7, 11) is 0. The second-order valence-electron chi connectivity index (χ2n) is 6.91. The van der Waals surface area contributed by atoms with E-state index < -0.39 is 6.10 Å². The summed E-state index contributed by atoms with van der Waals surface area (Å²) in [4.78, 5) is 23.7. The van der Waals surface area contributed by atoms with E-state index in [9.17, 15) is 9.59 Å².